The number of rotatable bonds is 3. The molecule has 90 valence electrons. The molecule has 0 saturated carbocycles. The SMILES string of the molecule is COc1ccc(-c2c(C)[nH][nH]c2=O)cc1OC. The van der Waals surface area contributed by atoms with Gasteiger partial charge < -0.3 is 14.6 Å². The number of benzene rings is 1. The van der Waals surface area contributed by atoms with Crippen LogP contribution in [-0.4, -0.2) is 24.4 Å². The Morgan fingerprint density at radius 1 is 1.06 bits per heavy atom. The molecular formula is C12H14N2O3. The van der Waals surface area contributed by atoms with E-state index in [0.29, 0.717) is 17.1 Å². The van der Waals surface area contributed by atoms with Crippen LogP contribution in [0.2, 0.25) is 0 Å². The van der Waals surface area contributed by atoms with Crippen molar-refractivity contribution in [1.82, 2.24) is 10.2 Å². The first-order valence-corrected chi connectivity index (χ1v) is 5.17. The third kappa shape index (κ3) is 1.91. The number of nitrogens with one attached hydrogen (secondary N) is 2. The fourth-order valence-corrected chi connectivity index (χ4v) is 1.79. The van der Waals surface area contributed by atoms with E-state index >= 15 is 0 Å². The number of aromatic amines is 2. The van der Waals surface area contributed by atoms with Gasteiger partial charge in [0, 0.05) is 5.69 Å². The molecule has 0 aliphatic heterocycles. The van der Waals surface area contributed by atoms with E-state index in [4.69, 9.17) is 9.47 Å². The first kappa shape index (κ1) is 11.3. The average molecular weight is 234 g/mol. The molecule has 1 aromatic carbocycles. The highest BCUT2D eigenvalue weighted by atomic mass is 16.5. The molecule has 0 unspecified atom stereocenters. The molecule has 0 aliphatic carbocycles. The summed E-state index contributed by atoms with van der Waals surface area (Å²) in [7, 11) is 3.14. The summed E-state index contributed by atoms with van der Waals surface area (Å²) in [6.45, 7) is 1.84. The summed E-state index contributed by atoms with van der Waals surface area (Å²) >= 11 is 0. The summed E-state index contributed by atoms with van der Waals surface area (Å²) in [5.74, 6) is 1.24. The lowest BCUT2D eigenvalue weighted by molar-refractivity contribution is 0.355. The Balaban J connectivity index is 2.58. The van der Waals surface area contributed by atoms with Crippen LogP contribution >= 0.6 is 0 Å². The maximum atomic E-state index is 11.6. The number of hydrogen-bond donors (Lipinski definition) is 2. The van der Waals surface area contributed by atoms with Gasteiger partial charge in [0.15, 0.2) is 11.5 Å². The standard InChI is InChI=1S/C12H14N2O3/c1-7-11(12(15)14-13-7)8-4-5-9(16-2)10(6-8)17-3/h4-6H,1-3H3,(H2,13,14,15). The summed E-state index contributed by atoms with van der Waals surface area (Å²) in [6.07, 6.45) is 0. The lowest BCUT2D eigenvalue weighted by Gasteiger charge is -2.08. The predicted octanol–water partition coefficient (Wildman–Crippen LogP) is 1.70. The number of ether oxygens (including phenoxy) is 2. The van der Waals surface area contributed by atoms with Crippen LogP contribution in [0.25, 0.3) is 11.1 Å². The van der Waals surface area contributed by atoms with Gasteiger partial charge in [0.1, 0.15) is 0 Å². The highest BCUT2D eigenvalue weighted by Crippen LogP contribution is 2.31. The van der Waals surface area contributed by atoms with E-state index in [1.54, 1.807) is 26.4 Å². The molecule has 0 aliphatic rings. The zero-order valence-electron chi connectivity index (χ0n) is 9.96. The normalized spacial score (nSPS) is 10.3. The highest BCUT2D eigenvalue weighted by molar-refractivity contribution is 5.68. The van der Waals surface area contributed by atoms with Crippen molar-refractivity contribution in [1.29, 1.82) is 0 Å². The van der Waals surface area contributed by atoms with Crippen molar-refractivity contribution in [2.24, 2.45) is 0 Å². The van der Waals surface area contributed by atoms with Crippen LogP contribution in [0, 0.1) is 6.92 Å². The summed E-state index contributed by atoms with van der Waals surface area (Å²) in [5, 5.41) is 5.34. The van der Waals surface area contributed by atoms with Gasteiger partial charge in [-0.1, -0.05) is 6.07 Å². The maximum absolute atomic E-state index is 11.6. The zero-order valence-corrected chi connectivity index (χ0v) is 9.96. The Hall–Kier alpha value is -2.17. The molecule has 0 atom stereocenters. The monoisotopic (exact) mass is 234 g/mol. The van der Waals surface area contributed by atoms with Gasteiger partial charge in [-0.2, -0.15) is 0 Å². The van der Waals surface area contributed by atoms with Gasteiger partial charge >= 0.3 is 0 Å². The van der Waals surface area contributed by atoms with Gasteiger partial charge in [-0.15, -0.1) is 0 Å². The minimum absolute atomic E-state index is 0.144. The highest BCUT2D eigenvalue weighted by Gasteiger charge is 2.12. The summed E-state index contributed by atoms with van der Waals surface area (Å²) in [6, 6.07) is 5.39. The van der Waals surface area contributed by atoms with Crippen molar-refractivity contribution >= 4 is 0 Å². The summed E-state index contributed by atoms with van der Waals surface area (Å²) in [5.41, 5.74) is 2.06. The quantitative estimate of drug-likeness (QED) is 0.849. The molecule has 0 amide bonds. The van der Waals surface area contributed by atoms with Crippen molar-refractivity contribution in [2.45, 2.75) is 6.92 Å². The van der Waals surface area contributed by atoms with Gasteiger partial charge in [0.05, 0.1) is 19.8 Å². The van der Waals surface area contributed by atoms with Crippen LogP contribution < -0.4 is 15.0 Å². The first-order chi connectivity index (χ1) is 8.17. The van der Waals surface area contributed by atoms with E-state index in [9.17, 15) is 4.79 Å². The van der Waals surface area contributed by atoms with E-state index in [2.05, 4.69) is 10.2 Å². The molecule has 0 radical (unpaired) electrons. The number of methoxy groups -OCH3 is 2. The molecule has 0 spiro atoms. The Labute approximate surface area is 98.4 Å². The van der Waals surface area contributed by atoms with Gasteiger partial charge in [-0.3, -0.25) is 9.89 Å². The molecule has 0 saturated heterocycles. The van der Waals surface area contributed by atoms with Gasteiger partial charge in [0.25, 0.3) is 5.56 Å². The van der Waals surface area contributed by atoms with Gasteiger partial charge in [-0.05, 0) is 24.6 Å². The van der Waals surface area contributed by atoms with E-state index in [1.165, 1.54) is 0 Å². The van der Waals surface area contributed by atoms with Crippen molar-refractivity contribution in [3.8, 4) is 22.6 Å². The molecular weight excluding hydrogens is 220 g/mol. The molecule has 1 heterocycles. The second-order valence-electron chi connectivity index (χ2n) is 3.65. The lowest BCUT2D eigenvalue weighted by atomic mass is 10.1. The second kappa shape index (κ2) is 4.37. The average Bonchev–Trinajstić information content (AvgIpc) is 2.68. The van der Waals surface area contributed by atoms with Crippen molar-refractivity contribution in [3.63, 3.8) is 0 Å². The van der Waals surface area contributed by atoms with Crippen LogP contribution in [0.1, 0.15) is 5.69 Å². The predicted molar refractivity (Wildman–Crippen MR) is 64.7 cm³/mol. The molecule has 2 aromatic rings. The summed E-state index contributed by atoms with van der Waals surface area (Å²) in [4.78, 5) is 11.6. The fourth-order valence-electron chi connectivity index (χ4n) is 1.79. The molecule has 17 heavy (non-hydrogen) atoms. The van der Waals surface area contributed by atoms with Crippen molar-refractivity contribution < 1.29 is 9.47 Å². The number of aryl methyl sites for hydroxylation is 1. The van der Waals surface area contributed by atoms with Gasteiger partial charge in [-0.25, -0.2) is 0 Å². The van der Waals surface area contributed by atoms with E-state index in [0.717, 1.165) is 11.3 Å². The number of aromatic nitrogens is 2. The van der Waals surface area contributed by atoms with Crippen LogP contribution in [-0.2, 0) is 0 Å². The zero-order chi connectivity index (χ0) is 12.4. The Kier molecular flexibility index (Phi) is 2.91. The maximum Gasteiger partial charge on any atom is 0.272 e. The van der Waals surface area contributed by atoms with Crippen LogP contribution in [0.15, 0.2) is 23.0 Å². The minimum Gasteiger partial charge on any atom is -0.493 e. The minimum atomic E-state index is -0.144. The lowest BCUT2D eigenvalue weighted by Crippen LogP contribution is -2.02. The second-order valence-corrected chi connectivity index (χ2v) is 3.65. The van der Waals surface area contributed by atoms with E-state index in [-0.39, 0.29) is 5.56 Å². The third-order valence-corrected chi connectivity index (χ3v) is 2.64. The van der Waals surface area contributed by atoms with Crippen LogP contribution in [0.5, 0.6) is 11.5 Å². The van der Waals surface area contributed by atoms with Gasteiger partial charge in [0.2, 0.25) is 0 Å². The Bertz CT molecular complexity index is 584. The van der Waals surface area contributed by atoms with E-state index in [1.807, 2.05) is 13.0 Å². The molecule has 1 aromatic heterocycles. The number of hydrogen-bond acceptors (Lipinski definition) is 3. The summed E-state index contributed by atoms with van der Waals surface area (Å²) < 4.78 is 10.4. The Morgan fingerprint density at radius 2 is 1.76 bits per heavy atom. The Morgan fingerprint density at radius 3 is 2.29 bits per heavy atom. The largest absolute Gasteiger partial charge is 0.493 e. The molecule has 0 bridgehead atoms. The van der Waals surface area contributed by atoms with Crippen molar-refractivity contribution in [2.75, 3.05) is 14.2 Å². The molecule has 2 N–H and O–H groups in total. The molecule has 5 nitrogen and oxygen atoms in total. The van der Waals surface area contributed by atoms with Crippen LogP contribution in [0.4, 0.5) is 0 Å². The third-order valence-electron chi connectivity index (χ3n) is 2.64. The molecule has 5 heteroatoms. The topological polar surface area (TPSA) is 67.1 Å². The fraction of sp³-hybridized carbons (Fsp3) is 0.250. The van der Waals surface area contributed by atoms with E-state index < -0.39 is 0 Å². The van der Waals surface area contributed by atoms with Crippen molar-refractivity contribution in [3.05, 3.63) is 34.2 Å². The molecule has 2 rings (SSSR count). The molecule has 0 fully saturated rings. The smallest absolute Gasteiger partial charge is 0.272 e. The first-order valence-electron chi connectivity index (χ1n) is 5.17. The van der Waals surface area contributed by atoms with Crippen LogP contribution in [0.3, 0.4) is 0 Å². The number of H-pyrrole nitrogens is 2.